The van der Waals surface area contributed by atoms with Crippen molar-refractivity contribution in [1.29, 1.82) is 0 Å². The molecule has 94 valence electrons. The Hall–Kier alpha value is -1.95. The van der Waals surface area contributed by atoms with Crippen molar-refractivity contribution in [3.63, 3.8) is 0 Å². The SMILES string of the molecule is Cc1cnnn1CC(=O)Nc1ccc(F)c(Cl)c1. The first-order chi connectivity index (χ1) is 8.56. The zero-order valence-electron chi connectivity index (χ0n) is 9.52. The highest BCUT2D eigenvalue weighted by Gasteiger charge is 2.08. The molecule has 0 aliphatic rings. The third-order valence-electron chi connectivity index (χ3n) is 2.31. The summed E-state index contributed by atoms with van der Waals surface area (Å²) < 4.78 is 14.4. The lowest BCUT2D eigenvalue weighted by Gasteiger charge is -2.06. The summed E-state index contributed by atoms with van der Waals surface area (Å²) in [6.45, 7) is 1.84. The second kappa shape index (κ2) is 5.14. The lowest BCUT2D eigenvalue weighted by atomic mass is 10.3. The highest BCUT2D eigenvalue weighted by atomic mass is 35.5. The summed E-state index contributed by atoms with van der Waals surface area (Å²) in [6, 6.07) is 3.98. The maximum Gasteiger partial charge on any atom is 0.246 e. The van der Waals surface area contributed by atoms with E-state index < -0.39 is 5.82 Å². The number of rotatable bonds is 3. The zero-order chi connectivity index (χ0) is 13.1. The predicted molar refractivity (Wildman–Crippen MR) is 64.8 cm³/mol. The van der Waals surface area contributed by atoms with Crippen molar-refractivity contribution in [3.05, 3.63) is 40.9 Å². The number of aryl methyl sites for hydroxylation is 1. The van der Waals surface area contributed by atoms with Crippen LogP contribution < -0.4 is 5.32 Å². The van der Waals surface area contributed by atoms with Gasteiger partial charge in [-0.25, -0.2) is 9.07 Å². The third kappa shape index (κ3) is 2.84. The van der Waals surface area contributed by atoms with E-state index >= 15 is 0 Å². The summed E-state index contributed by atoms with van der Waals surface area (Å²) in [4.78, 5) is 11.7. The number of nitrogens with one attached hydrogen (secondary N) is 1. The second-order valence-corrected chi connectivity index (χ2v) is 4.12. The van der Waals surface area contributed by atoms with Gasteiger partial charge in [0.15, 0.2) is 0 Å². The number of benzene rings is 1. The summed E-state index contributed by atoms with van der Waals surface area (Å²) in [5.41, 5.74) is 1.21. The smallest absolute Gasteiger partial charge is 0.246 e. The molecule has 1 heterocycles. The van der Waals surface area contributed by atoms with E-state index in [1.807, 2.05) is 0 Å². The van der Waals surface area contributed by atoms with Crippen LogP contribution >= 0.6 is 11.6 Å². The molecule has 1 amide bonds. The Morgan fingerprint density at radius 2 is 2.33 bits per heavy atom. The molecule has 7 heteroatoms. The minimum atomic E-state index is -0.526. The van der Waals surface area contributed by atoms with E-state index in [1.165, 1.54) is 22.9 Å². The summed E-state index contributed by atoms with van der Waals surface area (Å²) in [5, 5.41) is 9.98. The minimum absolute atomic E-state index is 0.0373. The number of halogens is 2. The molecule has 0 radical (unpaired) electrons. The maximum absolute atomic E-state index is 12.9. The molecule has 0 saturated carbocycles. The monoisotopic (exact) mass is 268 g/mol. The quantitative estimate of drug-likeness (QED) is 0.926. The molecule has 5 nitrogen and oxygen atoms in total. The van der Waals surface area contributed by atoms with Gasteiger partial charge >= 0.3 is 0 Å². The number of carbonyl (C=O) groups is 1. The van der Waals surface area contributed by atoms with Crippen molar-refractivity contribution in [2.24, 2.45) is 0 Å². The molecule has 0 unspecified atom stereocenters. The van der Waals surface area contributed by atoms with Crippen LogP contribution in [0.3, 0.4) is 0 Å². The molecule has 0 aliphatic carbocycles. The Morgan fingerprint density at radius 1 is 1.56 bits per heavy atom. The Balaban J connectivity index is 2.03. The Morgan fingerprint density at radius 3 is 2.94 bits per heavy atom. The molecule has 0 aliphatic heterocycles. The van der Waals surface area contributed by atoms with Gasteiger partial charge in [0.25, 0.3) is 0 Å². The van der Waals surface area contributed by atoms with Crippen LogP contribution in [-0.4, -0.2) is 20.9 Å². The number of hydrogen-bond donors (Lipinski definition) is 1. The van der Waals surface area contributed by atoms with E-state index in [0.29, 0.717) is 5.69 Å². The standard InChI is InChI=1S/C11H10ClFN4O/c1-7-5-14-16-17(7)6-11(18)15-8-2-3-10(13)9(12)4-8/h2-5H,6H2,1H3,(H,15,18). The van der Waals surface area contributed by atoms with Gasteiger partial charge in [0.2, 0.25) is 5.91 Å². The molecule has 1 aromatic carbocycles. The predicted octanol–water partition coefficient (Wildman–Crippen LogP) is 2.02. The lowest BCUT2D eigenvalue weighted by Crippen LogP contribution is -2.20. The van der Waals surface area contributed by atoms with E-state index in [0.717, 1.165) is 5.69 Å². The Bertz CT molecular complexity index is 584. The van der Waals surface area contributed by atoms with E-state index in [1.54, 1.807) is 13.1 Å². The lowest BCUT2D eigenvalue weighted by molar-refractivity contribution is -0.117. The van der Waals surface area contributed by atoms with Crippen LogP contribution in [0.4, 0.5) is 10.1 Å². The maximum atomic E-state index is 12.9. The minimum Gasteiger partial charge on any atom is -0.324 e. The van der Waals surface area contributed by atoms with Crippen molar-refractivity contribution in [2.45, 2.75) is 13.5 Å². The average Bonchev–Trinajstić information content (AvgIpc) is 2.70. The number of amides is 1. The number of anilines is 1. The summed E-state index contributed by atoms with van der Waals surface area (Å²) >= 11 is 5.61. The molecular weight excluding hydrogens is 259 g/mol. The van der Waals surface area contributed by atoms with Gasteiger partial charge in [-0.15, -0.1) is 5.10 Å². The van der Waals surface area contributed by atoms with Crippen LogP contribution in [0.25, 0.3) is 0 Å². The first-order valence-corrected chi connectivity index (χ1v) is 5.54. The number of nitrogens with zero attached hydrogens (tertiary/aromatic N) is 3. The zero-order valence-corrected chi connectivity index (χ0v) is 10.3. The van der Waals surface area contributed by atoms with Crippen LogP contribution in [0.1, 0.15) is 5.69 Å². The summed E-state index contributed by atoms with van der Waals surface area (Å²) in [7, 11) is 0. The fraction of sp³-hybridized carbons (Fsp3) is 0.182. The first kappa shape index (κ1) is 12.5. The molecule has 2 rings (SSSR count). The van der Waals surface area contributed by atoms with Crippen LogP contribution in [0, 0.1) is 12.7 Å². The topological polar surface area (TPSA) is 59.8 Å². The second-order valence-electron chi connectivity index (χ2n) is 3.71. The molecule has 0 fully saturated rings. The summed E-state index contributed by atoms with van der Waals surface area (Å²) in [6.07, 6.45) is 1.56. The molecule has 0 atom stereocenters. The van der Waals surface area contributed by atoms with Crippen LogP contribution in [0.5, 0.6) is 0 Å². The molecule has 2 aromatic rings. The van der Waals surface area contributed by atoms with E-state index in [9.17, 15) is 9.18 Å². The van der Waals surface area contributed by atoms with Gasteiger partial charge in [0, 0.05) is 5.69 Å². The fourth-order valence-electron chi connectivity index (χ4n) is 1.38. The van der Waals surface area contributed by atoms with E-state index in [2.05, 4.69) is 15.6 Å². The highest BCUT2D eigenvalue weighted by molar-refractivity contribution is 6.31. The summed E-state index contributed by atoms with van der Waals surface area (Å²) in [5.74, 6) is -0.812. The molecule has 0 spiro atoms. The average molecular weight is 269 g/mol. The molecule has 0 bridgehead atoms. The van der Waals surface area contributed by atoms with Gasteiger partial charge < -0.3 is 5.32 Å². The van der Waals surface area contributed by atoms with Crippen LogP contribution in [0.15, 0.2) is 24.4 Å². The first-order valence-electron chi connectivity index (χ1n) is 5.16. The van der Waals surface area contributed by atoms with Crippen LogP contribution in [0.2, 0.25) is 5.02 Å². The largest absolute Gasteiger partial charge is 0.324 e. The fourth-order valence-corrected chi connectivity index (χ4v) is 1.56. The van der Waals surface area contributed by atoms with E-state index in [4.69, 9.17) is 11.6 Å². The van der Waals surface area contributed by atoms with Crippen LogP contribution in [-0.2, 0) is 11.3 Å². The van der Waals surface area contributed by atoms with Crippen molar-refractivity contribution < 1.29 is 9.18 Å². The van der Waals surface area contributed by atoms with Crippen molar-refractivity contribution >= 4 is 23.2 Å². The highest BCUT2D eigenvalue weighted by Crippen LogP contribution is 2.19. The van der Waals surface area contributed by atoms with Gasteiger partial charge in [0.05, 0.1) is 16.9 Å². The van der Waals surface area contributed by atoms with Gasteiger partial charge in [0.1, 0.15) is 12.4 Å². The van der Waals surface area contributed by atoms with Gasteiger partial charge in [-0.3, -0.25) is 4.79 Å². The van der Waals surface area contributed by atoms with Gasteiger partial charge in [-0.1, -0.05) is 16.8 Å². The van der Waals surface area contributed by atoms with Crippen molar-refractivity contribution in [3.8, 4) is 0 Å². The van der Waals surface area contributed by atoms with Crippen molar-refractivity contribution in [1.82, 2.24) is 15.0 Å². The third-order valence-corrected chi connectivity index (χ3v) is 2.60. The Kier molecular flexibility index (Phi) is 3.57. The Labute approximate surface area is 108 Å². The van der Waals surface area contributed by atoms with Crippen molar-refractivity contribution in [2.75, 3.05) is 5.32 Å². The number of hydrogen-bond acceptors (Lipinski definition) is 3. The van der Waals surface area contributed by atoms with E-state index in [-0.39, 0.29) is 17.5 Å². The molecule has 1 N–H and O–H groups in total. The van der Waals surface area contributed by atoms with Gasteiger partial charge in [-0.05, 0) is 25.1 Å². The molecular formula is C11H10ClFN4O. The number of carbonyl (C=O) groups excluding carboxylic acids is 1. The van der Waals surface area contributed by atoms with Gasteiger partial charge in [-0.2, -0.15) is 0 Å². The molecule has 0 saturated heterocycles. The number of aromatic nitrogens is 3. The normalized spacial score (nSPS) is 10.4. The molecule has 1 aromatic heterocycles. The molecule has 18 heavy (non-hydrogen) atoms.